The Balaban J connectivity index is 2.54. The lowest BCUT2D eigenvalue weighted by atomic mass is 9.94. The second-order valence-corrected chi connectivity index (χ2v) is 4.06. The van der Waals surface area contributed by atoms with Crippen molar-refractivity contribution in [1.29, 1.82) is 0 Å². The molecule has 0 radical (unpaired) electrons. The molecule has 1 atom stereocenters. The van der Waals surface area contributed by atoms with Crippen LogP contribution in [0.15, 0.2) is 24.3 Å². The Labute approximate surface area is 96.6 Å². The second kappa shape index (κ2) is 5.85. The van der Waals surface area contributed by atoms with E-state index in [9.17, 15) is 4.39 Å². The van der Waals surface area contributed by atoms with Gasteiger partial charge < -0.3 is 10.5 Å². The summed E-state index contributed by atoms with van der Waals surface area (Å²) in [5.74, 6) is 0.824. The molecule has 0 saturated heterocycles. The molecule has 0 spiro atoms. The van der Waals surface area contributed by atoms with Gasteiger partial charge in [-0.2, -0.15) is 0 Å². The van der Waals surface area contributed by atoms with Gasteiger partial charge in [0.2, 0.25) is 0 Å². The number of hydrogen-bond acceptors (Lipinski definition) is 2. The Morgan fingerprint density at radius 2 is 1.94 bits per heavy atom. The highest BCUT2D eigenvalue weighted by atomic mass is 19.1. The fraction of sp³-hybridized carbons (Fsp3) is 0.538. The lowest BCUT2D eigenvalue weighted by molar-refractivity contribution is 0.154. The molecule has 16 heavy (non-hydrogen) atoms. The number of halogens is 1. The first-order valence-corrected chi connectivity index (χ1v) is 5.65. The number of rotatable bonds is 6. The van der Waals surface area contributed by atoms with Crippen LogP contribution >= 0.6 is 0 Å². The minimum absolute atomic E-state index is 0.0969. The topological polar surface area (TPSA) is 35.2 Å². The van der Waals surface area contributed by atoms with Crippen molar-refractivity contribution in [2.45, 2.75) is 31.9 Å². The van der Waals surface area contributed by atoms with Gasteiger partial charge in [-0.1, -0.05) is 19.1 Å². The summed E-state index contributed by atoms with van der Waals surface area (Å²) < 4.78 is 19.0. The molecule has 0 aromatic heterocycles. The lowest BCUT2D eigenvalue weighted by Gasteiger charge is -2.21. The van der Waals surface area contributed by atoms with Crippen LogP contribution in [0, 0.1) is 0 Å². The molecule has 0 bridgehead atoms. The van der Waals surface area contributed by atoms with E-state index in [0.717, 1.165) is 11.3 Å². The van der Waals surface area contributed by atoms with Crippen molar-refractivity contribution < 1.29 is 9.13 Å². The molecule has 0 fully saturated rings. The van der Waals surface area contributed by atoms with Crippen molar-refractivity contribution in [3.05, 3.63) is 29.8 Å². The highest BCUT2D eigenvalue weighted by Crippen LogP contribution is 2.22. The predicted octanol–water partition coefficient (Wildman–Crippen LogP) is 2.70. The van der Waals surface area contributed by atoms with Gasteiger partial charge in [0.05, 0.1) is 7.11 Å². The summed E-state index contributed by atoms with van der Waals surface area (Å²) in [6, 6.07) is 7.71. The molecular weight excluding hydrogens is 205 g/mol. The molecule has 0 heterocycles. The molecule has 0 aliphatic rings. The zero-order chi connectivity index (χ0) is 12.0. The molecule has 1 aromatic carbocycles. The summed E-state index contributed by atoms with van der Waals surface area (Å²) in [6.45, 7) is 1.93. The standard InChI is InChI=1S/C13H20FNO/c1-3-13(14,10-15)9-8-11-4-6-12(16-2)7-5-11/h4-7H,3,8-10,15H2,1-2H3. The average Bonchev–Trinajstić information content (AvgIpc) is 2.36. The minimum Gasteiger partial charge on any atom is -0.497 e. The fourth-order valence-electron chi connectivity index (χ4n) is 1.58. The maximum Gasteiger partial charge on any atom is 0.123 e. The van der Waals surface area contributed by atoms with E-state index in [1.54, 1.807) is 7.11 Å². The van der Waals surface area contributed by atoms with Gasteiger partial charge in [0.25, 0.3) is 0 Å². The summed E-state index contributed by atoms with van der Waals surface area (Å²) >= 11 is 0. The van der Waals surface area contributed by atoms with Gasteiger partial charge in [0, 0.05) is 6.54 Å². The highest BCUT2D eigenvalue weighted by molar-refractivity contribution is 5.27. The van der Waals surface area contributed by atoms with E-state index in [2.05, 4.69) is 0 Å². The number of benzene rings is 1. The fourth-order valence-corrected chi connectivity index (χ4v) is 1.58. The number of nitrogens with two attached hydrogens (primary N) is 1. The van der Waals surface area contributed by atoms with E-state index in [1.807, 2.05) is 31.2 Å². The molecule has 2 nitrogen and oxygen atoms in total. The van der Waals surface area contributed by atoms with Crippen LogP contribution in [-0.4, -0.2) is 19.3 Å². The summed E-state index contributed by atoms with van der Waals surface area (Å²) in [7, 11) is 1.63. The normalized spacial score (nSPS) is 14.5. The molecule has 0 amide bonds. The average molecular weight is 225 g/mol. The molecule has 90 valence electrons. The molecule has 1 unspecified atom stereocenters. The number of ether oxygens (including phenoxy) is 1. The molecule has 2 N–H and O–H groups in total. The van der Waals surface area contributed by atoms with Gasteiger partial charge in [0.15, 0.2) is 0 Å². The van der Waals surface area contributed by atoms with E-state index >= 15 is 0 Å². The molecule has 3 heteroatoms. The first-order chi connectivity index (χ1) is 7.63. The van der Waals surface area contributed by atoms with Gasteiger partial charge in [-0.15, -0.1) is 0 Å². The predicted molar refractivity (Wildman–Crippen MR) is 64.5 cm³/mol. The van der Waals surface area contributed by atoms with Gasteiger partial charge in [-0.05, 0) is 37.0 Å². The van der Waals surface area contributed by atoms with Crippen molar-refractivity contribution >= 4 is 0 Å². The van der Waals surface area contributed by atoms with Gasteiger partial charge >= 0.3 is 0 Å². The molecule has 0 aliphatic heterocycles. The monoisotopic (exact) mass is 225 g/mol. The maximum absolute atomic E-state index is 13.9. The van der Waals surface area contributed by atoms with Crippen LogP contribution in [0.1, 0.15) is 25.3 Å². The van der Waals surface area contributed by atoms with Crippen molar-refractivity contribution in [2.75, 3.05) is 13.7 Å². The first kappa shape index (κ1) is 13.0. The lowest BCUT2D eigenvalue weighted by Crippen LogP contribution is -2.32. The van der Waals surface area contributed by atoms with E-state index in [4.69, 9.17) is 10.5 Å². The summed E-state index contributed by atoms with van der Waals surface area (Å²) in [6.07, 6.45) is 1.66. The van der Waals surface area contributed by atoms with E-state index in [1.165, 1.54) is 0 Å². The van der Waals surface area contributed by atoms with E-state index in [0.29, 0.717) is 19.3 Å². The van der Waals surface area contributed by atoms with Crippen LogP contribution < -0.4 is 10.5 Å². The van der Waals surface area contributed by atoms with Crippen LogP contribution in [0.3, 0.4) is 0 Å². The summed E-state index contributed by atoms with van der Waals surface area (Å²) in [5.41, 5.74) is 5.33. The minimum atomic E-state index is -1.22. The highest BCUT2D eigenvalue weighted by Gasteiger charge is 2.24. The number of aryl methyl sites for hydroxylation is 1. The van der Waals surface area contributed by atoms with Crippen molar-refractivity contribution in [3.63, 3.8) is 0 Å². The van der Waals surface area contributed by atoms with Crippen molar-refractivity contribution in [2.24, 2.45) is 5.73 Å². The number of hydrogen-bond donors (Lipinski definition) is 1. The Morgan fingerprint density at radius 1 is 1.31 bits per heavy atom. The van der Waals surface area contributed by atoms with Crippen LogP contribution in [0.25, 0.3) is 0 Å². The van der Waals surface area contributed by atoms with E-state index in [-0.39, 0.29) is 6.54 Å². The molecule has 0 saturated carbocycles. The number of methoxy groups -OCH3 is 1. The van der Waals surface area contributed by atoms with Crippen molar-refractivity contribution in [1.82, 2.24) is 0 Å². The summed E-state index contributed by atoms with van der Waals surface area (Å²) in [4.78, 5) is 0. The van der Waals surface area contributed by atoms with Gasteiger partial charge in [-0.25, -0.2) is 4.39 Å². The zero-order valence-corrected chi connectivity index (χ0v) is 10.0. The largest absolute Gasteiger partial charge is 0.497 e. The Hall–Kier alpha value is -1.09. The Bertz CT molecular complexity index is 306. The maximum atomic E-state index is 13.9. The van der Waals surface area contributed by atoms with E-state index < -0.39 is 5.67 Å². The van der Waals surface area contributed by atoms with Gasteiger partial charge in [0.1, 0.15) is 11.4 Å². The SMILES string of the molecule is CCC(F)(CN)CCc1ccc(OC)cc1. The molecule has 1 aromatic rings. The van der Waals surface area contributed by atoms with Crippen molar-refractivity contribution in [3.8, 4) is 5.75 Å². The van der Waals surface area contributed by atoms with Gasteiger partial charge in [-0.3, -0.25) is 0 Å². The zero-order valence-electron chi connectivity index (χ0n) is 10.0. The summed E-state index contributed by atoms with van der Waals surface area (Å²) in [5, 5.41) is 0. The first-order valence-electron chi connectivity index (χ1n) is 5.65. The van der Waals surface area contributed by atoms with Crippen LogP contribution in [-0.2, 0) is 6.42 Å². The second-order valence-electron chi connectivity index (χ2n) is 4.06. The number of alkyl halides is 1. The Morgan fingerprint density at radius 3 is 2.38 bits per heavy atom. The Kier molecular flexibility index (Phi) is 4.74. The third kappa shape index (κ3) is 3.49. The molecular formula is C13H20FNO. The van der Waals surface area contributed by atoms with Crippen LogP contribution in [0.5, 0.6) is 5.75 Å². The van der Waals surface area contributed by atoms with Crippen LogP contribution in [0.4, 0.5) is 4.39 Å². The molecule has 1 rings (SSSR count). The van der Waals surface area contributed by atoms with Crippen LogP contribution in [0.2, 0.25) is 0 Å². The third-order valence-corrected chi connectivity index (χ3v) is 3.02. The molecule has 0 aliphatic carbocycles. The smallest absolute Gasteiger partial charge is 0.123 e. The third-order valence-electron chi connectivity index (χ3n) is 3.02. The quantitative estimate of drug-likeness (QED) is 0.808.